The van der Waals surface area contributed by atoms with Crippen LogP contribution in [0.5, 0.6) is 0 Å². The molecule has 0 aliphatic carbocycles. The van der Waals surface area contributed by atoms with E-state index >= 15 is 0 Å². The van der Waals surface area contributed by atoms with Crippen molar-refractivity contribution in [2.45, 2.75) is 19.4 Å². The highest BCUT2D eigenvalue weighted by atomic mass is 16.1. The molecule has 0 saturated carbocycles. The predicted molar refractivity (Wildman–Crippen MR) is 83.1 cm³/mol. The number of hydrogen-bond acceptors (Lipinski definition) is 5. The highest BCUT2D eigenvalue weighted by Crippen LogP contribution is 2.21. The molecule has 1 saturated heterocycles. The summed E-state index contributed by atoms with van der Waals surface area (Å²) in [7, 11) is 0. The molecule has 0 aromatic carbocycles. The first-order chi connectivity index (χ1) is 10.8. The summed E-state index contributed by atoms with van der Waals surface area (Å²) in [6.07, 6.45) is 10.5. The summed E-state index contributed by atoms with van der Waals surface area (Å²) >= 11 is 0. The van der Waals surface area contributed by atoms with Gasteiger partial charge in [-0.25, -0.2) is 4.98 Å². The summed E-state index contributed by atoms with van der Waals surface area (Å²) in [4.78, 5) is 26.9. The molecule has 1 aliphatic rings. The van der Waals surface area contributed by atoms with Crippen LogP contribution in [0.2, 0.25) is 0 Å². The van der Waals surface area contributed by atoms with Crippen LogP contribution in [0.1, 0.15) is 18.4 Å². The van der Waals surface area contributed by atoms with Crippen LogP contribution in [0.15, 0.2) is 43.1 Å². The van der Waals surface area contributed by atoms with E-state index in [0.29, 0.717) is 13.1 Å². The molecule has 114 valence electrons. The number of amides is 1. The smallest absolute Gasteiger partial charge is 0.225 e. The summed E-state index contributed by atoms with van der Waals surface area (Å²) in [5.41, 5.74) is 1.01. The third-order valence-corrected chi connectivity index (χ3v) is 3.86. The number of piperidine rings is 1. The number of rotatable bonds is 4. The summed E-state index contributed by atoms with van der Waals surface area (Å²) in [6.45, 7) is 2.14. The molecule has 0 radical (unpaired) electrons. The van der Waals surface area contributed by atoms with Crippen molar-refractivity contribution in [2.24, 2.45) is 5.92 Å². The zero-order chi connectivity index (χ0) is 15.2. The standard InChI is InChI=1S/C16H19N5O/c22-16(20-10-13-3-1-5-17-9-13)14-4-2-8-21(12-14)15-11-18-6-7-19-15/h1,3,5-7,9,11,14H,2,4,8,10,12H2,(H,20,22)/t14-/m0/s1. The van der Waals surface area contributed by atoms with Gasteiger partial charge in [-0.3, -0.25) is 14.8 Å². The molecule has 2 aromatic heterocycles. The maximum atomic E-state index is 12.4. The van der Waals surface area contributed by atoms with Gasteiger partial charge in [-0.2, -0.15) is 0 Å². The van der Waals surface area contributed by atoms with Crippen molar-refractivity contribution in [3.8, 4) is 0 Å². The van der Waals surface area contributed by atoms with Crippen molar-refractivity contribution in [3.63, 3.8) is 0 Å². The molecule has 1 N–H and O–H groups in total. The first kappa shape index (κ1) is 14.4. The second kappa shape index (κ2) is 6.98. The van der Waals surface area contributed by atoms with Gasteiger partial charge in [0.15, 0.2) is 0 Å². The molecular formula is C16H19N5O. The minimum Gasteiger partial charge on any atom is -0.355 e. The third-order valence-electron chi connectivity index (χ3n) is 3.86. The highest BCUT2D eigenvalue weighted by molar-refractivity contribution is 5.79. The minimum atomic E-state index is -0.00701. The Balaban J connectivity index is 1.56. The van der Waals surface area contributed by atoms with Crippen LogP contribution < -0.4 is 10.2 Å². The molecule has 3 heterocycles. The van der Waals surface area contributed by atoms with Gasteiger partial charge in [0.05, 0.1) is 12.1 Å². The third kappa shape index (κ3) is 3.58. The van der Waals surface area contributed by atoms with Gasteiger partial charge in [0.1, 0.15) is 5.82 Å². The zero-order valence-corrected chi connectivity index (χ0v) is 12.4. The number of aromatic nitrogens is 3. The van der Waals surface area contributed by atoms with Crippen LogP contribution in [-0.2, 0) is 11.3 Å². The first-order valence-corrected chi connectivity index (χ1v) is 7.50. The molecule has 1 amide bonds. The van der Waals surface area contributed by atoms with E-state index in [0.717, 1.165) is 30.8 Å². The second-order valence-electron chi connectivity index (χ2n) is 5.43. The Morgan fingerprint density at radius 1 is 1.27 bits per heavy atom. The van der Waals surface area contributed by atoms with Gasteiger partial charge < -0.3 is 10.2 Å². The Labute approximate surface area is 129 Å². The maximum absolute atomic E-state index is 12.4. The van der Waals surface area contributed by atoms with Crippen molar-refractivity contribution in [1.82, 2.24) is 20.3 Å². The summed E-state index contributed by atoms with van der Waals surface area (Å²) < 4.78 is 0. The predicted octanol–water partition coefficient (Wildman–Crippen LogP) is 1.40. The van der Waals surface area contributed by atoms with Crippen LogP contribution in [0.25, 0.3) is 0 Å². The molecule has 0 unspecified atom stereocenters. The SMILES string of the molecule is O=C(NCc1cccnc1)[C@H]1CCCN(c2cnccn2)C1. The Kier molecular flexibility index (Phi) is 4.58. The minimum absolute atomic E-state index is 0.00701. The number of hydrogen-bond donors (Lipinski definition) is 1. The molecule has 0 bridgehead atoms. The molecule has 1 fully saturated rings. The molecule has 1 aliphatic heterocycles. The van der Waals surface area contributed by atoms with E-state index in [4.69, 9.17) is 0 Å². The van der Waals surface area contributed by atoms with Gasteiger partial charge >= 0.3 is 0 Å². The lowest BCUT2D eigenvalue weighted by Gasteiger charge is -2.32. The Morgan fingerprint density at radius 3 is 2.95 bits per heavy atom. The van der Waals surface area contributed by atoms with Gasteiger partial charge in [0.2, 0.25) is 5.91 Å². The number of anilines is 1. The lowest BCUT2D eigenvalue weighted by atomic mass is 9.97. The average molecular weight is 297 g/mol. The number of pyridine rings is 1. The Bertz CT molecular complexity index is 604. The number of nitrogens with zero attached hydrogens (tertiary/aromatic N) is 4. The van der Waals surface area contributed by atoms with E-state index in [1.54, 1.807) is 31.0 Å². The van der Waals surface area contributed by atoms with Crippen LogP contribution in [0.3, 0.4) is 0 Å². The van der Waals surface area contributed by atoms with E-state index in [2.05, 4.69) is 25.2 Å². The fourth-order valence-corrected chi connectivity index (χ4v) is 2.69. The van der Waals surface area contributed by atoms with Crippen molar-refractivity contribution in [2.75, 3.05) is 18.0 Å². The van der Waals surface area contributed by atoms with E-state index in [9.17, 15) is 4.79 Å². The van der Waals surface area contributed by atoms with Gasteiger partial charge in [-0.15, -0.1) is 0 Å². The van der Waals surface area contributed by atoms with Gasteiger partial charge in [0, 0.05) is 44.4 Å². The monoisotopic (exact) mass is 297 g/mol. The summed E-state index contributed by atoms with van der Waals surface area (Å²) in [5.74, 6) is 0.928. The van der Waals surface area contributed by atoms with Crippen LogP contribution in [0, 0.1) is 5.92 Å². The van der Waals surface area contributed by atoms with E-state index < -0.39 is 0 Å². The number of nitrogens with one attached hydrogen (secondary N) is 1. The van der Waals surface area contributed by atoms with E-state index in [1.807, 2.05) is 12.1 Å². The van der Waals surface area contributed by atoms with Crippen LogP contribution >= 0.6 is 0 Å². The van der Waals surface area contributed by atoms with Crippen molar-refractivity contribution in [1.29, 1.82) is 0 Å². The van der Waals surface area contributed by atoms with Crippen molar-refractivity contribution in [3.05, 3.63) is 48.7 Å². The number of carbonyl (C=O) groups excluding carboxylic acids is 1. The normalized spacial score (nSPS) is 18.0. The molecule has 0 spiro atoms. The maximum Gasteiger partial charge on any atom is 0.225 e. The van der Waals surface area contributed by atoms with Gasteiger partial charge in [-0.1, -0.05) is 6.07 Å². The fourth-order valence-electron chi connectivity index (χ4n) is 2.69. The summed E-state index contributed by atoms with van der Waals surface area (Å²) in [6, 6.07) is 3.83. The fraction of sp³-hybridized carbons (Fsp3) is 0.375. The van der Waals surface area contributed by atoms with E-state index in [1.165, 1.54) is 0 Å². The number of carbonyl (C=O) groups is 1. The van der Waals surface area contributed by atoms with Gasteiger partial charge in [-0.05, 0) is 24.5 Å². The topological polar surface area (TPSA) is 71.0 Å². The van der Waals surface area contributed by atoms with Crippen LogP contribution in [0.4, 0.5) is 5.82 Å². The molecule has 2 aromatic rings. The quantitative estimate of drug-likeness (QED) is 0.924. The largest absolute Gasteiger partial charge is 0.355 e. The molecule has 3 rings (SSSR count). The Hall–Kier alpha value is -2.50. The molecular weight excluding hydrogens is 278 g/mol. The Morgan fingerprint density at radius 2 is 2.18 bits per heavy atom. The van der Waals surface area contributed by atoms with Crippen LogP contribution in [-0.4, -0.2) is 33.9 Å². The zero-order valence-electron chi connectivity index (χ0n) is 12.4. The summed E-state index contributed by atoms with van der Waals surface area (Å²) in [5, 5.41) is 3.00. The van der Waals surface area contributed by atoms with E-state index in [-0.39, 0.29) is 11.8 Å². The lowest BCUT2D eigenvalue weighted by Crippen LogP contribution is -2.43. The molecule has 1 atom stereocenters. The van der Waals surface area contributed by atoms with Crippen molar-refractivity contribution >= 4 is 11.7 Å². The second-order valence-corrected chi connectivity index (χ2v) is 5.43. The average Bonchev–Trinajstić information content (AvgIpc) is 2.61. The molecule has 22 heavy (non-hydrogen) atoms. The molecule has 6 nitrogen and oxygen atoms in total. The highest BCUT2D eigenvalue weighted by Gasteiger charge is 2.26. The van der Waals surface area contributed by atoms with Gasteiger partial charge in [0.25, 0.3) is 0 Å². The van der Waals surface area contributed by atoms with Crippen molar-refractivity contribution < 1.29 is 4.79 Å². The lowest BCUT2D eigenvalue weighted by molar-refractivity contribution is -0.125. The molecule has 6 heteroatoms. The first-order valence-electron chi connectivity index (χ1n) is 7.50.